The van der Waals surface area contributed by atoms with E-state index in [1.165, 1.54) is 4.67 Å². The number of nitrogens with zero attached hydrogens (tertiary/aromatic N) is 1. The van der Waals surface area contributed by atoms with Crippen molar-refractivity contribution in [2.24, 2.45) is 0 Å². The number of benzene rings is 3. The van der Waals surface area contributed by atoms with Crippen LogP contribution < -0.4 is 9.97 Å². The Balaban J connectivity index is 2.16. The Bertz CT molecular complexity index is 736. The first kappa shape index (κ1) is 14.6. The van der Waals surface area contributed by atoms with Crippen molar-refractivity contribution in [1.29, 1.82) is 0 Å². The van der Waals surface area contributed by atoms with Crippen molar-refractivity contribution in [1.82, 2.24) is 0 Å². The lowest BCUT2D eigenvalue weighted by atomic mass is 10.3. The van der Waals surface area contributed by atoms with Crippen LogP contribution in [0.25, 0.3) is 0 Å². The highest BCUT2D eigenvalue weighted by atomic mass is 31.2. The molecular formula is C18H16NO2P. The average molecular weight is 309 g/mol. The molecule has 3 rings (SSSR count). The van der Waals surface area contributed by atoms with Crippen molar-refractivity contribution < 1.29 is 9.46 Å². The number of anilines is 2. The molecule has 0 heterocycles. The normalized spacial score (nSPS) is 13.3. The van der Waals surface area contributed by atoms with Crippen LogP contribution in [0, 0.1) is 0 Å². The van der Waals surface area contributed by atoms with Crippen LogP contribution in [0.15, 0.2) is 91.0 Å². The maximum atomic E-state index is 13.2. The van der Waals surface area contributed by atoms with Crippen LogP contribution in [0.2, 0.25) is 0 Å². The molecule has 0 aromatic heterocycles. The fraction of sp³-hybridized carbons (Fsp3) is 0. The van der Waals surface area contributed by atoms with E-state index in [9.17, 15) is 9.46 Å². The summed E-state index contributed by atoms with van der Waals surface area (Å²) in [7, 11) is -3.77. The van der Waals surface area contributed by atoms with E-state index >= 15 is 0 Å². The van der Waals surface area contributed by atoms with Crippen LogP contribution in [-0.2, 0) is 4.57 Å². The first-order valence-electron chi connectivity index (χ1n) is 6.99. The van der Waals surface area contributed by atoms with Gasteiger partial charge >= 0.3 is 7.52 Å². The summed E-state index contributed by atoms with van der Waals surface area (Å²) in [6.07, 6.45) is 0. The van der Waals surface area contributed by atoms with Crippen LogP contribution in [0.4, 0.5) is 11.4 Å². The molecule has 3 aromatic rings. The summed E-state index contributed by atoms with van der Waals surface area (Å²) in [6, 6.07) is 27.3. The summed E-state index contributed by atoms with van der Waals surface area (Å²) in [5, 5.41) is 0.405. The van der Waals surface area contributed by atoms with Crippen LogP contribution in [-0.4, -0.2) is 4.89 Å². The minimum absolute atomic E-state index is 0.405. The van der Waals surface area contributed by atoms with Gasteiger partial charge in [-0.2, -0.15) is 0 Å². The van der Waals surface area contributed by atoms with Gasteiger partial charge in [0.25, 0.3) is 0 Å². The molecule has 4 heteroatoms. The Morgan fingerprint density at radius 2 is 1.00 bits per heavy atom. The minimum Gasteiger partial charge on any atom is -0.326 e. The van der Waals surface area contributed by atoms with E-state index < -0.39 is 7.52 Å². The number of hydrogen-bond donors (Lipinski definition) is 1. The van der Waals surface area contributed by atoms with E-state index in [1.807, 2.05) is 66.7 Å². The predicted molar refractivity (Wildman–Crippen MR) is 90.9 cm³/mol. The Morgan fingerprint density at radius 1 is 0.636 bits per heavy atom. The van der Waals surface area contributed by atoms with E-state index in [2.05, 4.69) is 0 Å². The van der Waals surface area contributed by atoms with E-state index in [0.717, 1.165) is 0 Å². The first-order valence-corrected chi connectivity index (χ1v) is 8.60. The van der Waals surface area contributed by atoms with Crippen molar-refractivity contribution in [2.45, 2.75) is 0 Å². The topological polar surface area (TPSA) is 40.5 Å². The maximum Gasteiger partial charge on any atom is 0.328 e. The molecule has 0 amide bonds. The summed E-state index contributed by atoms with van der Waals surface area (Å²) in [4.78, 5) is 10.8. The van der Waals surface area contributed by atoms with Crippen molar-refractivity contribution in [3.63, 3.8) is 0 Å². The number of rotatable bonds is 4. The van der Waals surface area contributed by atoms with Gasteiger partial charge in [0.05, 0.1) is 5.30 Å². The van der Waals surface area contributed by atoms with E-state index in [4.69, 9.17) is 0 Å². The third kappa shape index (κ3) is 2.82. The lowest BCUT2D eigenvalue weighted by Crippen LogP contribution is -2.21. The Morgan fingerprint density at radius 3 is 1.41 bits per heavy atom. The maximum absolute atomic E-state index is 13.2. The quantitative estimate of drug-likeness (QED) is 0.729. The molecule has 0 radical (unpaired) electrons. The van der Waals surface area contributed by atoms with Gasteiger partial charge < -0.3 is 4.89 Å². The van der Waals surface area contributed by atoms with Crippen molar-refractivity contribution in [2.75, 3.05) is 4.67 Å². The largest absolute Gasteiger partial charge is 0.328 e. The Kier molecular flexibility index (Phi) is 4.10. The summed E-state index contributed by atoms with van der Waals surface area (Å²) in [5.74, 6) is 0. The summed E-state index contributed by atoms with van der Waals surface area (Å²) < 4.78 is 14.7. The molecule has 0 fully saturated rings. The minimum atomic E-state index is -3.77. The standard InChI is InChI=1S/C18H16NO2P/c20-22(21,18-14-8-3-9-15-18)19(16-10-4-1-5-11-16)17-12-6-2-7-13-17/h1-15H,(H,20,21). The molecule has 22 heavy (non-hydrogen) atoms. The molecule has 0 aliphatic heterocycles. The average Bonchev–Trinajstić information content (AvgIpc) is 2.58. The van der Waals surface area contributed by atoms with Crippen molar-refractivity contribution in [3.8, 4) is 0 Å². The molecule has 0 saturated heterocycles. The number of para-hydroxylation sites is 2. The molecule has 1 unspecified atom stereocenters. The predicted octanol–water partition coefficient (Wildman–Crippen LogP) is 4.34. The number of hydrogen-bond acceptors (Lipinski definition) is 1. The molecule has 1 atom stereocenters. The molecule has 0 aliphatic rings. The summed E-state index contributed by atoms with van der Waals surface area (Å²) >= 11 is 0. The van der Waals surface area contributed by atoms with E-state index in [0.29, 0.717) is 16.7 Å². The van der Waals surface area contributed by atoms with Gasteiger partial charge in [0, 0.05) is 11.4 Å². The molecule has 3 aromatic carbocycles. The Hall–Kier alpha value is -2.35. The van der Waals surface area contributed by atoms with Gasteiger partial charge in [-0.05, 0) is 36.4 Å². The zero-order valence-corrected chi connectivity index (χ0v) is 12.8. The third-order valence-electron chi connectivity index (χ3n) is 3.37. The van der Waals surface area contributed by atoms with Gasteiger partial charge in [-0.3, -0.25) is 9.24 Å². The molecule has 0 bridgehead atoms. The molecule has 0 saturated carbocycles. The van der Waals surface area contributed by atoms with Crippen LogP contribution in [0.5, 0.6) is 0 Å². The van der Waals surface area contributed by atoms with Gasteiger partial charge in [0.1, 0.15) is 0 Å². The smallest absolute Gasteiger partial charge is 0.326 e. The van der Waals surface area contributed by atoms with E-state index in [1.54, 1.807) is 24.3 Å². The zero-order valence-electron chi connectivity index (χ0n) is 11.9. The van der Waals surface area contributed by atoms with Crippen molar-refractivity contribution >= 4 is 24.2 Å². The lowest BCUT2D eigenvalue weighted by Gasteiger charge is -2.29. The van der Waals surface area contributed by atoms with Gasteiger partial charge in [-0.1, -0.05) is 54.6 Å². The monoisotopic (exact) mass is 309 g/mol. The highest BCUT2D eigenvalue weighted by Gasteiger charge is 2.31. The second kappa shape index (κ2) is 6.18. The third-order valence-corrected chi connectivity index (χ3v) is 5.34. The Labute approximate surface area is 130 Å². The first-order chi connectivity index (χ1) is 10.7. The fourth-order valence-electron chi connectivity index (χ4n) is 2.34. The van der Waals surface area contributed by atoms with Crippen LogP contribution in [0.1, 0.15) is 0 Å². The van der Waals surface area contributed by atoms with Crippen molar-refractivity contribution in [3.05, 3.63) is 91.0 Å². The molecule has 1 N–H and O–H groups in total. The van der Waals surface area contributed by atoms with Crippen LogP contribution >= 0.6 is 7.52 Å². The molecular weight excluding hydrogens is 293 g/mol. The molecule has 3 nitrogen and oxygen atoms in total. The fourth-order valence-corrected chi connectivity index (χ4v) is 4.02. The highest BCUT2D eigenvalue weighted by Crippen LogP contribution is 2.51. The second-order valence-corrected chi connectivity index (χ2v) is 6.87. The zero-order chi connectivity index (χ0) is 15.4. The van der Waals surface area contributed by atoms with Gasteiger partial charge in [0.15, 0.2) is 0 Å². The summed E-state index contributed by atoms with van der Waals surface area (Å²) in [6.45, 7) is 0. The SMILES string of the molecule is O=P(O)(c1ccccc1)N(c1ccccc1)c1ccccc1. The lowest BCUT2D eigenvalue weighted by molar-refractivity contribution is 0.490. The van der Waals surface area contributed by atoms with Gasteiger partial charge in [-0.25, -0.2) is 0 Å². The molecule has 0 spiro atoms. The van der Waals surface area contributed by atoms with Gasteiger partial charge in [-0.15, -0.1) is 0 Å². The highest BCUT2D eigenvalue weighted by molar-refractivity contribution is 7.68. The van der Waals surface area contributed by atoms with Crippen LogP contribution in [0.3, 0.4) is 0 Å². The van der Waals surface area contributed by atoms with Gasteiger partial charge in [0.2, 0.25) is 0 Å². The van der Waals surface area contributed by atoms with E-state index in [-0.39, 0.29) is 0 Å². The summed E-state index contributed by atoms with van der Waals surface area (Å²) in [5.41, 5.74) is 1.37. The second-order valence-electron chi connectivity index (χ2n) is 4.86. The molecule has 0 aliphatic carbocycles. The molecule has 110 valence electrons.